The Kier molecular flexibility index (Phi) is 3.70. The summed E-state index contributed by atoms with van der Waals surface area (Å²) in [7, 11) is 1.69. The number of fused-ring (bicyclic) bond motifs is 3. The van der Waals surface area contributed by atoms with Gasteiger partial charge in [0.15, 0.2) is 0 Å². The number of benzene rings is 1. The molecule has 1 fully saturated rings. The van der Waals surface area contributed by atoms with Crippen LogP contribution in [-0.4, -0.2) is 60.3 Å². The molecule has 1 amide bonds. The van der Waals surface area contributed by atoms with E-state index in [9.17, 15) is 4.79 Å². The average molecular weight is 377 g/mol. The van der Waals surface area contributed by atoms with Gasteiger partial charge in [-0.05, 0) is 0 Å². The molecule has 3 aliphatic heterocycles. The molecule has 7 nitrogen and oxygen atoms in total. The van der Waals surface area contributed by atoms with Crippen LogP contribution < -0.4 is 29.5 Å². The second kappa shape index (κ2) is 5.73. The number of hydrogen-bond donors (Lipinski definition) is 2. The second-order valence-electron chi connectivity index (χ2n) is 5.77. The predicted octanol–water partition coefficient (Wildman–Crippen LogP) is -0.553. The third kappa shape index (κ3) is 2.48. The molecule has 0 aliphatic carbocycles. The zero-order chi connectivity index (χ0) is 16.0. The molecule has 3 aliphatic rings. The molecule has 0 saturated carbocycles. The molecule has 1 unspecified atom stereocenters. The number of nitrogens with zero attached hydrogens (tertiary/aromatic N) is 2. The number of anilines is 1. The van der Waals surface area contributed by atoms with Gasteiger partial charge in [-0.25, -0.2) is 0 Å². The van der Waals surface area contributed by atoms with Gasteiger partial charge in [-0.15, -0.1) is 0 Å². The van der Waals surface area contributed by atoms with Crippen molar-refractivity contribution in [2.45, 2.75) is 17.7 Å². The number of nitrogens with one attached hydrogen (secondary N) is 2. The Labute approximate surface area is 141 Å². The van der Waals surface area contributed by atoms with Crippen LogP contribution in [0.3, 0.4) is 0 Å². The monoisotopic (exact) mass is 377 g/mol. The molecule has 2 N–H and O–H groups in total. The fourth-order valence-corrected chi connectivity index (χ4v) is 5.62. The van der Waals surface area contributed by atoms with E-state index in [0.29, 0.717) is 6.61 Å². The zero-order valence-electron chi connectivity index (χ0n) is 13.0. The number of hydrogen-bond acceptors (Lipinski definition) is 6. The van der Waals surface area contributed by atoms with E-state index in [4.69, 9.17) is 9.47 Å². The minimum absolute atomic E-state index is 0.00726. The number of amidine groups is 1. The van der Waals surface area contributed by atoms with Crippen LogP contribution in [0.4, 0.5) is 5.69 Å². The van der Waals surface area contributed by atoms with E-state index in [1.54, 1.807) is 7.11 Å². The van der Waals surface area contributed by atoms with E-state index in [0.717, 1.165) is 40.8 Å². The number of ether oxygens (including phenoxy) is 2. The Morgan fingerprint density at radius 3 is 2.96 bits per heavy atom. The number of rotatable bonds is 3. The number of carbonyl (C=O) groups is 1. The van der Waals surface area contributed by atoms with Crippen LogP contribution in [0.2, 0.25) is 4.71 Å². The second-order valence-corrected chi connectivity index (χ2v) is 8.86. The van der Waals surface area contributed by atoms with Gasteiger partial charge in [0.25, 0.3) is 0 Å². The normalized spacial score (nSPS) is 23.6. The van der Waals surface area contributed by atoms with E-state index in [2.05, 4.69) is 21.9 Å². The van der Waals surface area contributed by atoms with Gasteiger partial charge in [0.1, 0.15) is 0 Å². The molecule has 23 heavy (non-hydrogen) atoms. The zero-order valence-corrected chi connectivity index (χ0v) is 14.9. The van der Waals surface area contributed by atoms with Crippen molar-refractivity contribution in [3.8, 4) is 11.5 Å². The summed E-state index contributed by atoms with van der Waals surface area (Å²) in [4.78, 5) is 13.9. The Balaban J connectivity index is 1.76. The third-order valence-corrected chi connectivity index (χ3v) is 7.15. The SMILES string of the molecule is COc1cc2c(cc1[As]C1CNC1)N1C(=NNC(=O)C1C)CO2. The summed E-state index contributed by atoms with van der Waals surface area (Å²) in [5.74, 6) is 2.27. The molecule has 1 radical (unpaired) electrons. The maximum atomic E-state index is 12.0. The molecule has 8 heteroatoms. The molecule has 0 aromatic heterocycles. The summed E-state index contributed by atoms with van der Waals surface area (Å²) in [6.07, 6.45) is 0. The van der Waals surface area contributed by atoms with Crippen LogP contribution in [-0.2, 0) is 4.79 Å². The van der Waals surface area contributed by atoms with Crippen LogP contribution in [0.15, 0.2) is 17.2 Å². The van der Waals surface area contributed by atoms with Crippen molar-refractivity contribution >= 4 is 37.5 Å². The summed E-state index contributed by atoms with van der Waals surface area (Å²) < 4.78 is 13.3. The first-order chi connectivity index (χ1) is 11.2. The fraction of sp³-hybridized carbons (Fsp3) is 0.467. The molecule has 4 rings (SSSR count). The topological polar surface area (TPSA) is 75.2 Å². The van der Waals surface area contributed by atoms with Crippen LogP contribution in [0.5, 0.6) is 11.5 Å². The van der Waals surface area contributed by atoms with Crippen LogP contribution in [0.25, 0.3) is 0 Å². The van der Waals surface area contributed by atoms with Crippen molar-refractivity contribution in [2.75, 3.05) is 31.7 Å². The average Bonchev–Trinajstić information content (AvgIpc) is 2.53. The summed E-state index contributed by atoms with van der Waals surface area (Å²) in [5.41, 5.74) is 3.46. The first-order valence-electron chi connectivity index (χ1n) is 7.59. The molecule has 121 valence electrons. The quantitative estimate of drug-likeness (QED) is 0.692. The van der Waals surface area contributed by atoms with E-state index in [-0.39, 0.29) is 27.7 Å². The van der Waals surface area contributed by atoms with Crippen molar-refractivity contribution in [3.05, 3.63) is 12.1 Å². The summed E-state index contributed by atoms with van der Waals surface area (Å²) in [6.45, 7) is 4.38. The van der Waals surface area contributed by atoms with Crippen molar-refractivity contribution < 1.29 is 14.3 Å². The molecule has 1 saturated heterocycles. The molecule has 3 heterocycles. The van der Waals surface area contributed by atoms with Gasteiger partial charge < -0.3 is 0 Å². The number of methoxy groups -OCH3 is 1. The Morgan fingerprint density at radius 1 is 1.43 bits per heavy atom. The van der Waals surface area contributed by atoms with E-state index >= 15 is 0 Å². The molecular weight excluding hydrogens is 359 g/mol. The fourth-order valence-electron chi connectivity index (χ4n) is 2.87. The third-order valence-electron chi connectivity index (χ3n) is 4.30. The molecule has 1 aromatic carbocycles. The Morgan fingerprint density at radius 2 is 2.26 bits per heavy atom. The van der Waals surface area contributed by atoms with Gasteiger partial charge in [0.05, 0.1) is 0 Å². The van der Waals surface area contributed by atoms with Crippen molar-refractivity contribution in [1.82, 2.24) is 10.7 Å². The van der Waals surface area contributed by atoms with Crippen LogP contribution in [0, 0.1) is 0 Å². The minimum atomic E-state index is -0.298. The predicted molar refractivity (Wildman–Crippen MR) is 88.0 cm³/mol. The van der Waals surface area contributed by atoms with Crippen LogP contribution in [0.1, 0.15) is 6.92 Å². The van der Waals surface area contributed by atoms with Crippen LogP contribution >= 0.6 is 0 Å². The number of hydrazone groups is 1. The van der Waals surface area contributed by atoms with Gasteiger partial charge in [0, 0.05) is 0 Å². The molecular formula is C15H18AsN4O3. The van der Waals surface area contributed by atoms with Gasteiger partial charge in [-0.3, -0.25) is 0 Å². The first-order valence-corrected chi connectivity index (χ1v) is 9.61. The Bertz CT molecular complexity index is 690. The maximum absolute atomic E-state index is 12.0. The molecule has 0 spiro atoms. The van der Waals surface area contributed by atoms with Crippen molar-refractivity contribution in [2.24, 2.45) is 5.10 Å². The molecule has 0 bridgehead atoms. The van der Waals surface area contributed by atoms with Gasteiger partial charge in [-0.2, -0.15) is 0 Å². The molecule has 1 aromatic rings. The Hall–Kier alpha value is -1.72. The number of carbonyl (C=O) groups excluding carboxylic acids is 1. The van der Waals surface area contributed by atoms with E-state index in [1.165, 1.54) is 4.35 Å². The van der Waals surface area contributed by atoms with Gasteiger partial charge >= 0.3 is 141 Å². The number of amides is 1. The van der Waals surface area contributed by atoms with Crippen molar-refractivity contribution in [3.63, 3.8) is 0 Å². The van der Waals surface area contributed by atoms with E-state index in [1.807, 2.05) is 17.9 Å². The summed E-state index contributed by atoms with van der Waals surface area (Å²) in [6, 6.07) is 3.77. The van der Waals surface area contributed by atoms with E-state index < -0.39 is 0 Å². The van der Waals surface area contributed by atoms with Gasteiger partial charge in [-0.1, -0.05) is 0 Å². The molecule has 1 atom stereocenters. The van der Waals surface area contributed by atoms with Gasteiger partial charge in [0.2, 0.25) is 0 Å². The van der Waals surface area contributed by atoms with Crippen molar-refractivity contribution in [1.29, 1.82) is 0 Å². The first kappa shape index (κ1) is 14.8. The summed E-state index contributed by atoms with van der Waals surface area (Å²) >= 11 is 0.00726. The standard InChI is InChI=1S/C15H18AsN4O3/c1-8-15(21)19-18-14-7-23-13-4-12(22-2)10(3-11(13)20(8)14)16-9-5-17-6-9/h3-4,8-9,17H,5-7H2,1-2H3,(H,19,21). The summed E-state index contributed by atoms with van der Waals surface area (Å²) in [5, 5.41) is 7.44.